The fourth-order valence-corrected chi connectivity index (χ4v) is 4.07. The molecule has 0 aliphatic carbocycles. The van der Waals surface area contributed by atoms with E-state index in [4.69, 9.17) is 4.74 Å². The first-order chi connectivity index (χ1) is 14.1. The van der Waals surface area contributed by atoms with Gasteiger partial charge in [-0.3, -0.25) is 9.59 Å². The third-order valence-electron chi connectivity index (χ3n) is 5.71. The van der Waals surface area contributed by atoms with E-state index in [2.05, 4.69) is 15.5 Å². The van der Waals surface area contributed by atoms with Crippen molar-refractivity contribution < 1.29 is 14.3 Å². The topological polar surface area (TPSA) is 89.3 Å². The first-order valence-corrected chi connectivity index (χ1v) is 10.3. The van der Waals surface area contributed by atoms with Crippen molar-refractivity contribution in [2.75, 3.05) is 13.7 Å². The summed E-state index contributed by atoms with van der Waals surface area (Å²) in [4.78, 5) is 27.2. The number of amides is 2. The van der Waals surface area contributed by atoms with E-state index in [1.807, 2.05) is 33.7 Å². The molecule has 0 spiro atoms. The van der Waals surface area contributed by atoms with Crippen molar-refractivity contribution in [3.63, 3.8) is 0 Å². The maximum Gasteiger partial charge on any atom is 0.289 e. The van der Waals surface area contributed by atoms with Crippen molar-refractivity contribution in [3.05, 3.63) is 41.5 Å². The van der Waals surface area contributed by atoms with Gasteiger partial charge in [0.1, 0.15) is 11.6 Å². The number of ether oxygens (including phenoxy) is 1. The van der Waals surface area contributed by atoms with Crippen LogP contribution in [0, 0.1) is 0 Å². The van der Waals surface area contributed by atoms with Crippen LogP contribution >= 0.6 is 0 Å². The zero-order valence-corrected chi connectivity index (χ0v) is 16.8. The van der Waals surface area contributed by atoms with Gasteiger partial charge in [-0.05, 0) is 43.4 Å². The number of rotatable bonds is 5. The van der Waals surface area contributed by atoms with Gasteiger partial charge in [0.2, 0.25) is 11.7 Å². The molecule has 0 bridgehead atoms. The van der Waals surface area contributed by atoms with Crippen molar-refractivity contribution in [1.82, 2.24) is 25.0 Å². The molecule has 1 atom stereocenters. The van der Waals surface area contributed by atoms with Gasteiger partial charge in [-0.2, -0.15) is 0 Å². The van der Waals surface area contributed by atoms with E-state index in [1.54, 1.807) is 7.11 Å². The molecular weight excluding hydrogens is 370 g/mol. The molecule has 29 heavy (non-hydrogen) atoms. The highest BCUT2D eigenvalue weighted by Gasteiger charge is 2.26. The summed E-state index contributed by atoms with van der Waals surface area (Å²) >= 11 is 0. The Bertz CT molecular complexity index is 894. The minimum absolute atomic E-state index is 0.0432. The van der Waals surface area contributed by atoms with Gasteiger partial charge in [-0.25, -0.2) is 0 Å². The molecule has 4 rings (SSSR count). The molecule has 1 aromatic heterocycles. The highest BCUT2D eigenvalue weighted by atomic mass is 16.5. The average molecular weight is 397 g/mol. The second-order valence-corrected chi connectivity index (χ2v) is 7.71. The van der Waals surface area contributed by atoms with Crippen LogP contribution in [0.1, 0.15) is 54.1 Å². The first-order valence-electron chi connectivity index (χ1n) is 10.3. The molecule has 8 heteroatoms. The van der Waals surface area contributed by atoms with E-state index in [-0.39, 0.29) is 17.9 Å². The Morgan fingerprint density at radius 1 is 1.21 bits per heavy atom. The lowest BCUT2D eigenvalue weighted by atomic mass is 10.1. The number of benzene rings is 1. The predicted molar refractivity (Wildman–Crippen MR) is 106 cm³/mol. The van der Waals surface area contributed by atoms with Crippen molar-refractivity contribution >= 4 is 11.8 Å². The third-order valence-corrected chi connectivity index (χ3v) is 5.71. The number of hydrogen-bond acceptors (Lipinski definition) is 5. The highest BCUT2D eigenvalue weighted by Crippen LogP contribution is 2.19. The number of methoxy groups -OCH3 is 1. The predicted octanol–water partition coefficient (Wildman–Crippen LogP) is 1.93. The van der Waals surface area contributed by atoms with Gasteiger partial charge in [-0.1, -0.05) is 12.1 Å². The molecule has 0 radical (unpaired) electrons. The number of nitrogens with one attached hydrogen (secondary N) is 1. The number of nitrogens with zero attached hydrogens (tertiary/aromatic N) is 4. The van der Waals surface area contributed by atoms with Gasteiger partial charge in [-0.15, -0.1) is 10.2 Å². The molecule has 0 saturated carbocycles. The van der Waals surface area contributed by atoms with Crippen molar-refractivity contribution in [3.8, 4) is 5.75 Å². The van der Waals surface area contributed by atoms with Crippen LogP contribution in [0.4, 0.5) is 0 Å². The number of aromatic nitrogens is 3. The standard InChI is InChI=1S/C21H27N5O3/c1-29-17-6-4-5-15(13-17)14-25-12-10-16(8-9-19(25)27)22-21(28)20-24-23-18-7-2-3-11-26(18)20/h4-6,13,16H,2-3,7-12,14H2,1H3,(H,22,28). The molecule has 1 saturated heterocycles. The van der Waals surface area contributed by atoms with Gasteiger partial charge >= 0.3 is 0 Å². The summed E-state index contributed by atoms with van der Waals surface area (Å²) in [5.74, 6) is 1.99. The molecule has 1 unspecified atom stereocenters. The Morgan fingerprint density at radius 3 is 2.97 bits per heavy atom. The fraction of sp³-hybridized carbons (Fsp3) is 0.524. The summed E-state index contributed by atoms with van der Waals surface area (Å²) in [6.45, 7) is 1.95. The lowest BCUT2D eigenvalue weighted by Crippen LogP contribution is -2.37. The van der Waals surface area contributed by atoms with Gasteiger partial charge < -0.3 is 19.5 Å². The summed E-state index contributed by atoms with van der Waals surface area (Å²) in [5.41, 5.74) is 1.04. The quantitative estimate of drug-likeness (QED) is 0.833. The van der Waals surface area contributed by atoms with Crippen LogP contribution in [-0.4, -0.2) is 51.2 Å². The zero-order chi connectivity index (χ0) is 20.2. The average Bonchev–Trinajstić information content (AvgIpc) is 3.11. The second kappa shape index (κ2) is 8.63. The van der Waals surface area contributed by atoms with Crippen molar-refractivity contribution in [1.29, 1.82) is 0 Å². The Hall–Kier alpha value is -2.90. The molecule has 2 aliphatic heterocycles. The Balaban J connectivity index is 1.37. The Labute approximate surface area is 170 Å². The molecule has 1 aromatic carbocycles. The summed E-state index contributed by atoms with van der Waals surface area (Å²) in [6.07, 6.45) is 4.79. The number of fused-ring (bicyclic) bond motifs is 1. The van der Waals surface area contributed by atoms with E-state index >= 15 is 0 Å². The maximum absolute atomic E-state index is 12.7. The lowest BCUT2D eigenvalue weighted by Gasteiger charge is -2.21. The van der Waals surface area contributed by atoms with Crippen molar-refractivity contribution in [2.24, 2.45) is 0 Å². The van der Waals surface area contributed by atoms with Gasteiger partial charge in [0, 0.05) is 38.5 Å². The van der Waals surface area contributed by atoms with Crippen LogP contribution in [0.3, 0.4) is 0 Å². The van der Waals surface area contributed by atoms with Crippen LogP contribution in [-0.2, 0) is 24.3 Å². The van der Waals surface area contributed by atoms with Crippen molar-refractivity contribution in [2.45, 2.75) is 57.7 Å². The molecule has 1 N–H and O–H groups in total. The number of carbonyl (C=O) groups excluding carboxylic acids is 2. The molecule has 8 nitrogen and oxygen atoms in total. The normalized spacial score (nSPS) is 19.4. The van der Waals surface area contributed by atoms with Crippen LogP contribution in [0.25, 0.3) is 0 Å². The van der Waals surface area contributed by atoms with Gasteiger partial charge in [0.05, 0.1) is 7.11 Å². The third kappa shape index (κ3) is 4.41. The van der Waals surface area contributed by atoms with Crippen LogP contribution < -0.4 is 10.1 Å². The molecule has 2 aliphatic rings. The number of carbonyl (C=O) groups is 2. The maximum atomic E-state index is 12.7. The minimum atomic E-state index is -0.190. The Morgan fingerprint density at radius 2 is 2.10 bits per heavy atom. The van der Waals surface area contributed by atoms with E-state index in [1.165, 1.54) is 0 Å². The van der Waals surface area contributed by atoms with Gasteiger partial charge in [0.15, 0.2) is 0 Å². The SMILES string of the molecule is COc1cccc(CN2CCC(NC(=O)c3nnc4n3CCCC4)CCC2=O)c1. The van der Waals surface area contributed by atoms with E-state index in [0.29, 0.717) is 31.8 Å². The van der Waals surface area contributed by atoms with Crippen LogP contribution in [0.15, 0.2) is 24.3 Å². The molecule has 154 valence electrons. The summed E-state index contributed by atoms with van der Waals surface area (Å²) in [6, 6.07) is 7.72. The smallest absolute Gasteiger partial charge is 0.289 e. The Kier molecular flexibility index (Phi) is 5.78. The fourth-order valence-electron chi connectivity index (χ4n) is 4.07. The lowest BCUT2D eigenvalue weighted by molar-refractivity contribution is -0.131. The largest absolute Gasteiger partial charge is 0.497 e. The molecule has 1 fully saturated rings. The second-order valence-electron chi connectivity index (χ2n) is 7.71. The minimum Gasteiger partial charge on any atom is -0.497 e. The summed E-state index contributed by atoms with van der Waals surface area (Å²) < 4.78 is 7.19. The molecule has 3 heterocycles. The van der Waals surface area contributed by atoms with E-state index < -0.39 is 0 Å². The number of aryl methyl sites for hydroxylation is 1. The molecular formula is C21H27N5O3. The molecule has 2 aromatic rings. The number of likely N-dealkylation sites (tertiary alicyclic amines) is 1. The van der Waals surface area contributed by atoms with Crippen LogP contribution in [0.5, 0.6) is 5.75 Å². The highest BCUT2D eigenvalue weighted by molar-refractivity contribution is 5.91. The number of hydrogen-bond donors (Lipinski definition) is 1. The van der Waals surface area contributed by atoms with E-state index in [9.17, 15) is 9.59 Å². The summed E-state index contributed by atoms with van der Waals surface area (Å²) in [7, 11) is 1.63. The monoisotopic (exact) mass is 397 g/mol. The first kappa shape index (κ1) is 19.4. The van der Waals surface area contributed by atoms with E-state index in [0.717, 1.165) is 49.4 Å². The van der Waals surface area contributed by atoms with Crippen LogP contribution in [0.2, 0.25) is 0 Å². The summed E-state index contributed by atoms with van der Waals surface area (Å²) in [5, 5.41) is 11.3. The van der Waals surface area contributed by atoms with Gasteiger partial charge in [0.25, 0.3) is 5.91 Å². The molecule has 2 amide bonds. The zero-order valence-electron chi connectivity index (χ0n) is 16.8.